The lowest BCUT2D eigenvalue weighted by molar-refractivity contribution is -0.144. The van der Waals surface area contributed by atoms with Gasteiger partial charge in [0.1, 0.15) is 17.5 Å². The minimum absolute atomic E-state index is 0.0102. The van der Waals surface area contributed by atoms with Gasteiger partial charge in [0, 0.05) is 24.8 Å². The maximum Gasteiger partial charge on any atom is 0.451 e. The fraction of sp³-hybridized carbons (Fsp3) is 0.214. The average Bonchev–Trinajstić information content (AvgIpc) is 2.89. The minimum Gasteiger partial charge on any atom is -0.362 e. The van der Waals surface area contributed by atoms with E-state index >= 15 is 0 Å². The van der Waals surface area contributed by atoms with Gasteiger partial charge >= 0.3 is 6.18 Å². The molecule has 0 saturated carbocycles. The molecule has 0 aliphatic carbocycles. The first-order valence-electron chi connectivity index (χ1n) is 6.59. The van der Waals surface area contributed by atoms with Crippen molar-refractivity contribution in [2.24, 2.45) is 7.05 Å². The van der Waals surface area contributed by atoms with Gasteiger partial charge < -0.3 is 9.88 Å². The van der Waals surface area contributed by atoms with Crippen LogP contribution in [0.1, 0.15) is 11.6 Å². The van der Waals surface area contributed by atoms with Crippen LogP contribution < -0.4 is 5.32 Å². The number of halogens is 4. The number of aryl methyl sites for hydroxylation is 1. The monoisotopic (exact) mass is 325 g/mol. The number of aromatic nitrogens is 4. The zero-order chi connectivity index (χ0) is 16.6. The van der Waals surface area contributed by atoms with Crippen molar-refractivity contribution in [1.82, 2.24) is 19.5 Å². The number of imidazole rings is 1. The van der Waals surface area contributed by atoms with Crippen molar-refractivity contribution in [2.75, 3.05) is 5.32 Å². The van der Waals surface area contributed by atoms with E-state index in [1.807, 2.05) is 0 Å². The maximum absolute atomic E-state index is 13.4. The predicted molar refractivity (Wildman–Crippen MR) is 75.0 cm³/mol. The second-order valence-corrected chi connectivity index (χ2v) is 4.86. The van der Waals surface area contributed by atoms with Gasteiger partial charge in [-0.25, -0.2) is 19.3 Å². The van der Waals surface area contributed by atoms with Gasteiger partial charge in [-0.3, -0.25) is 0 Å². The predicted octanol–water partition coefficient (Wildman–Crippen LogP) is 3.13. The molecule has 1 aromatic carbocycles. The van der Waals surface area contributed by atoms with Crippen LogP contribution in [0, 0.1) is 5.82 Å². The fourth-order valence-corrected chi connectivity index (χ4v) is 2.09. The Labute approximate surface area is 128 Å². The third kappa shape index (κ3) is 3.08. The first-order valence-corrected chi connectivity index (χ1v) is 6.59. The summed E-state index contributed by atoms with van der Waals surface area (Å²) in [7, 11) is 1.75. The quantitative estimate of drug-likeness (QED) is 0.752. The minimum atomic E-state index is -4.69. The van der Waals surface area contributed by atoms with E-state index in [1.165, 1.54) is 6.07 Å². The molecule has 23 heavy (non-hydrogen) atoms. The number of hydrogen-bond donors (Lipinski definition) is 1. The highest BCUT2D eigenvalue weighted by Gasteiger charge is 2.35. The molecule has 0 aliphatic heterocycles. The van der Waals surface area contributed by atoms with E-state index in [1.54, 1.807) is 24.0 Å². The zero-order valence-corrected chi connectivity index (χ0v) is 11.9. The Hall–Kier alpha value is -2.71. The van der Waals surface area contributed by atoms with Gasteiger partial charge in [0.25, 0.3) is 0 Å². The molecule has 0 unspecified atom stereocenters. The van der Waals surface area contributed by atoms with Gasteiger partial charge in [-0.2, -0.15) is 13.2 Å². The number of rotatable bonds is 3. The Morgan fingerprint density at radius 3 is 2.65 bits per heavy atom. The van der Waals surface area contributed by atoms with Crippen molar-refractivity contribution in [3.05, 3.63) is 48.1 Å². The Kier molecular flexibility index (Phi) is 3.63. The Balaban J connectivity index is 2.05. The first-order chi connectivity index (χ1) is 10.8. The summed E-state index contributed by atoms with van der Waals surface area (Å²) in [6.45, 7) is 0.142. The largest absolute Gasteiger partial charge is 0.451 e. The average molecular weight is 325 g/mol. The van der Waals surface area contributed by atoms with Crippen molar-refractivity contribution in [2.45, 2.75) is 12.7 Å². The molecule has 0 saturated heterocycles. The summed E-state index contributed by atoms with van der Waals surface area (Å²) in [4.78, 5) is 11.0. The smallest absolute Gasteiger partial charge is 0.362 e. The molecule has 0 amide bonds. The van der Waals surface area contributed by atoms with Crippen molar-refractivity contribution >= 4 is 16.7 Å². The highest BCUT2D eigenvalue weighted by atomic mass is 19.4. The van der Waals surface area contributed by atoms with E-state index in [0.717, 1.165) is 12.1 Å². The second-order valence-electron chi connectivity index (χ2n) is 4.86. The Morgan fingerprint density at radius 2 is 2.00 bits per heavy atom. The lowest BCUT2D eigenvalue weighted by Crippen LogP contribution is -2.14. The summed E-state index contributed by atoms with van der Waals surface area (Å²) in [6.07, 6.45) is -1.42. The van der Waals surface area contributed by atoms with Crippen LogP contribution in [0.5, 0.6) is 0 Å². The molecule has 3 rings (SSSR count). The van der Waals surface area contributed by atoms with Crippen molar-refractivity contribution in [3.8, 4) is 0 Å². The van der Waals surface area contributed by atoms with Crippen molar-refractivity contribution in [3.63, 3.8) is 0 Å². The third-order valence-electron chi connectivity index (χ3n) is 3.25. The summed E-state index contributed by atoms with van der Waals surface area (Å²) < 4.78 is 53.8. The fourth-order valence-electron chi connectivity index (χ4n) is 2.09. The summed E-state index contributed by atoms with van der Waals surface area (Å²) in [6, 6.07) is 3.34. The van der Waals surface area contributed by atoms with Gasteiger partial charge in [-0.1, -0.05) is 0 Å². The first kappa shape index (κ1) is 15.2. The number of nitrogens with one attached hydrogen (secondary N) is 1. The molecule has 9 heteroatoms. The number of benzene rings is 1. The summed E-state index contributed by atoms with van der Waals surface area (Å²) in [5, 5.41) is 2.94. The van der Waals surface area contributed by atoms with Crippen LogP contribution in [0.15, 0.2) is 30.6 Å². The number of hydrogen-bond acceptors (Lipinski definition) is 4. The Bertz CT molecular complexity index is 856. The molecule has 2 heterocycles. The normalized spacial score (nSPS) is 11.9. The molecule has 0 fully saturated rings. The van der Waals surface area contributed by atoms with E-state index in [4.69, 9.17) is 0 Å². The van der Waals surface area contributed by atoms with Crippen LogP contribution in [0.2, 0.25) is 0 Å². The van der Waals surface area contributed by atoms with E-state index < -0.39 is 17.8 Å². The topological polar surface area (TPSA) is 55.6 Å². The molecule has 120 valence electrons. The molecule has 0 spiro atoms. The molecule has 0 radical (unpaired) electrons. The van der Waals surface area contributed by atoms with E-state index in [-0.39, 0.29) is 23.3 Å². The third-order valence-corrected chi connectivity index (χ3v) is 3.25. The van der Waals surface area contributed by atoms with Gasteiger partial charge in [0.05, 0.1) is 12.1 Å². The van der Waals surface area contributed by atoms with Gasteiger partial charge in [0.15, 0.2) is 0 Å². The Morgan fingerprint density at radius 1 is 1.22 bits per heavy atom. The van der Waals surface area contributed by atoms with Crippen LogP contribution in [0.3, 0.4) is 0 Å². The molecule has 5 nitrogen and oxygen atoms in total. The van der Waals surface area contributed by atoms with Crippen molar-refractivity contribution in [1.29, 1.82) is 0 Å². The van der Waals surface area contributed by atoms with Crippen LogP contribution in [-0.4, -0.2) is 19.5 Å². The molecule has 1 N–H and O–H groups in total. The van der Waals surface area contributed by atoms with Crippen molar-refractivity contribution < 1.29 is 17.6 Å². The lowest BCUT2D eigenvalue weighted by Gasteiger charge is -2.12. The van der Waals surface area contributed by atoms with Crippen LogP contribution in [0.25, 0.3) is 10.9 Å². The number of fused-ring (bicyclic) bond motifs is 1. The van der Waals surface area contributed by atoms with E-state index in [2.05, 4.69) is 20.3 Å². The van der Waals surface area contributed by atoms with Crippen LogP contribution in [0.4, 0.5) is 23.4 Å². The summed E-state index contributed by atoms with van der Waals surface area (Å²) in [5.41, 5.74) is 0.0102. The molecule has 2 aromatic heterocycles. The molecular weight excluding hydrogens is 314 g/mol. The lowest BCUT2D eigenvalue weighted by atomic mass is 10.2. The molecule has 0 atom stereocenters. The summed E-state index contributed by atoms with van der Waals surface area (Å²) in [5.74, 6) is -1.36. The number of alkyl halides is 3. The molecule has 0 aliphatic rings. The number of nitrogens with zero attached hydrogens (tertiary/aromatic N) is 4. The van der Waals surface area contributed by atoms with Gasteiger partial charge in [-0.15, -0.1) is 0 Å². The van der Waals surface area contributed by atoms with E-state index in [9.17, 15) is 17.6 Å². The molecule has 0 bridgehead atoms. The SMILES string of the molecule is Cn1ccnc1CNc1nc(C(F)(F)F)nc2ccc(F)cc12. The summed E-state index contributed by atoms with van der Waals surface area (Å²) >= 11 is 0. The number of anilines is 1. The van der Waals surface area contributed by atoms with Crippen LogP contribution >= 0.6 is 0 Å². The van der Waals surface area contributed by atoms with Gasteiger partial charge in [-0.05, 0) is 18.2 Å². The standard InChI is InChI=1S/C14H11F4N5/c1-23-5-4-19-11(23)7-20-12-9-6-8(15)2-3-10(9)21-13(22-12)14(16,17)18/h2-6H,7H2,1H3,(H,20,21,22). The maximum atomic E-state index is 13.4. The second kappa shape index (κ2) is 5.49. The molecule has 3 aromatic rings. The molecular formula is C14H11F4N5. The highest BCUT2D eigenvalue weighted by molar-refractivity contribution is 5.89. The van der Waals surface area contributed by atoms with Crippen LogP contribution in [-0.2, 0) is 19.8 Å². The van der Waals surface area contributed by atoms with E-state index in [0.29, 0.717) is 5.82 Å². The zero-order valence-electron chi connectivity index (χ0n) is 11.9. The van der Waals surface area contributed by atoms with Gasteiger partial charge in [0.2, 0.25) is 5.82 Å². The highest BCUT2D eigenvalue weighted by Crippen LogP contribution is 2.30.